The van der Waals surface area contributed by atoms with Crippen LogP contribution in [0.1, 0.15) is 13.8 Å². The van der Waals surface area contributed by atoms with E-state index in [4.69, 9.17) is 4.74 Å². The summed E-state index contributed by atoms with van der Waals surface area (Å²) in [6, 6.07) is 9.77. The van der Waals surface area contributed by atoms with Crippen LogP contribution in [0.4, 0.5) is 0 Å². The van der Waals surface area contributed by atoms with Gasteiger partial charge in [-0.15, -0.1) is 0 Å². The normalized spacial score (nSPS) is 10.6. The van der Waals surface area contributed by atoms with Crippen LogP contribution in [0, 0.1) is 0 Å². The fourth-order valence-corrected chi connectivity index (χ4v) is 1.80. The van der Waals surface area contributed by atoms with E-state index in [0.29, 0.717) is 0 Å². The van der Waals surface area contributed by atoms with Crippen LogP contribution in [0.15, 0.2) is 41.3 Å². The summed E-state index contributed by atoms with van der Waals surface area (Å²) >= 11 is 3.34. The van der Waals surface area contributed by atoms with Gasteiger partial charge < -0.3 is 4.74 Å². The van der Waals surface area contributed by atoms with Crippen LogP contribution in [-0.2, 0) is 0 Å². The molecule has 1 aromatic carbocycles. The lowest BCUT2D eigenvalue weighted by Gasteiger charge is -2.10. The average molecular weight is 293 g/mol. The van der Waals surface area contributed by atoms with Gasteiger partial charge in [-0.05, 0) is 48.0 Å². The molecule has 1 aromatic heterocycles. The molecule has 0 saturated carbocycles. The standard InChI is InChI=1S/C13H13BrN2O/c1-9(2)17-11-5-3-4-10(6-11)12-7-13(14)16-8-15-12/h3-9H,1-2H3. The summed E-state index contributed by atoms with van der Waals surface area (Å²) in [4.78, 5) is 8.24. The van der Waals surface area contributed by atoms with E-state index in [1.807, 2.05) is 44.2 Å². The number of rotatable bonds is 3. The highest BCUT2D eigenvalue weighted by molar-refractivity contribution is 9.10. The highest BCUT2D eigenvalue weighted by atomic mass is 79.9. The van der Waals surface area contributed by atoms with Gasteiger partial charge in [0.25, 0.3) is 0 Å². The molecule has 0 radical (unpaired) electrons. The van der Waals surface area contributed by atoms with Crippen molar-refractivity contribution < 1.29 is 4.74 Å². The summed E-state index contributed by atoms with van der Waals surface area (Å²) in [5, 5.41) is 0. The zero-order chi connectivity index (χ0) is 12.3. The Morgan fingerprint density at radius 1 is 1.18 bits per heavy atom. The first-order valence-corrected chi connectivity index (χ1v) is 6.19. The average Bonchev–Trinajstić information content (AvgIpc) is 2.28. The number of benzene rings is 1. The van der Waals surface area contributed by atoms with E-state index < -0.39 is 0 Å². The van der Waals surface area contributed by atoms with E-state index in [2.05, 4.69) is 25.9 Å². The molecule has 0 aliphatic rings. The van der Waals surface area contributed by atoms with Crippen LogP contribution in [-0.4, -0.2) is 16.1 Å². The van der Waals surface area contributed by atoms with Crippen LogP contribution in [0.5, 0.6) is 5.75 Å². The zero-order valence-electron chi connectivity index (χ0n) is 9.72. The van der Waals surface area contributed by atoms with Crippen molar-refractivity contribution in [3.63, 3.8) is 0 Å². The van der Waals surface area contributed by atoms with Crippen molar-refractivity contribution in [3.05, 3.63) is 41.3 Å². The summed E-state index contributed by atoms with van der Waals surface area (Å²) in [7, 11) is 0. The second kappa shape index (κ2) is 5.27. The van der Waals surface area contributed by atoms with Crippen LogP contribution >= 0.6 is 15.9 Å². The highest BCUT2D eigenvalue weighted by Gasteiger charge is 2.03. The van der Waals surface area contributed by atoms with Gasteiger partial charge in [0.2, 0.25) is 0 Å². The molecule has 0 fully saturated rings. The maximum absolute atomic E-state index is 5.65. The number of aromatic nitrogens is 2. The molecular weight excluding hydrogens is 280 g/mol. The summed E-state index contributed by atoms with van der Waals surface area (Å²) < 4.78 is 6.43. The van der Waals surface area contributed by atoms with E-state index in [9.17, 15) is 0 Å². The first-order valence-electron chi connectivity index (χ1n) is 5.40. The second-order valence-corrected chi connectivity index (χ2v) is 4.73. The third kappa shape index (κ3) is 3.27. The minimum atomic E-state index is 0.169. The molecule has 17 heavy (non-hydrogen) atoms. The third-order valence-corrected chi connectivity index (χ3v) is 2.57. The monoisotopic (exact) mass is 292 g/mol. The third-order valence-electron chi connectivity index (χ3n) is 2.14. The summed E-state index contributed by atoms with van der Waals surface area (Å²) in [5.41, 5.74) is 1.90. The molecule has 2 rings (SSSR count). The number of nitrogens with zero attached hydrogens (tertiary/aromatic N) is 2. The van der Waals surface area contributed by atoms with Gasteiger partial charge in [-0.3, -0.25) is 0 Å². The summed E-state index contributed by atoms with van der Waals surface area (Å²) in [5.74, 6) is 0.854. The molecule has 88 valence electrons. The van der Waals surface area contributed by atoms with Gasteiger partial charge >= 0.3 is 0 Å². The molecule has 3 nitrogen and oxygen atoms in total. The van der Waals surface area contributed by atoms with Crippen LogP contribution in [0.3, 0.4) is 0 Å². The number of ether oxygens (including phenoxy) is 1. The zero-order valence-corrected chi connectivity index (χ0v) is 11.3. The van der Waals surface area contributed by atoms with Crippen LogP contribution in [0.2, 0.25) is 0 Å². The maximum atomic E-state index is 5.65. The van der Waals surface area contributed by atoms with Gasteiger partial charge in [0, 0.05) is 5.56 Å². The van der Waals surface area contributed by atoms with E-state index in [1.54, 1.807) is 0 Å². The van der Waals surface area contributed by atoms with Gasteiger partial charge in [-0.2, -0.15) is 0 Å². The van der Waals surface area contributed by atoms with Crippen molar-refractivity contribution in [1.29, 1.82) is 0 Å². The van der Waals surface area contributed by atoms with E-state index >= 15 is 0 Å². The Kier molecular flexibility index (Phi) is 3.74. The predicted octanol–water partition coefficient (Wildman–Crippen LogP) is 3.69. The Hall–Kier alpha value is -1.42. The fourth-order valence-electron chi connectivity index (χ4n) is 1.49. The molecule has 0 aliphatic carbocycles. The predicted molar refractivity (Wildman–Crippen MR) is 70.9 cm³/mol. The number of hydrogen-bond donors (Lipinski definition) is 0. The van der Waals surface area contributed by atoms with Crippen molar-refractivity contribution in [2.45, 2.75) is 20.0 Å². The van der Waals surface area contributed by atoms with Crippen molar-refractivity contribution in [2.24, 2.45) is 0 Å². The van der Waals surface area contributed by atoms with Crippen molar-refractivity contribution in [1.82, 2.24) is 9.97 Å². The molecule has 0 aliphatic heterocycles. The molecule has 4 heteroatoms. The van der Waals surface area contributed by atoms with E-state index in [-0.39, 0.29) is 6.10 Å². The molecule has 0 atom stereocenters. The second-order valence-electron chi connectivity index (χ2n) is 3.92. The molecule has 0 saturated heterocycles. The Bertz CT molecular complexity index is 514. The minimum absolute atomic E-state index is 0.169. The highest BCUT2D eigenvalue weighted by Crippen LogP contribution is 2.23. The maximum Gasteiger partial charge on any atom is 0.120 e. The quantitative estimate of drug-likeness (QED) is 0.809. The molecular formula is C13H13BrN2O. The van der Waals surface area contributed by atoms with Crippen molar-refractivity contribution in [2.75, 3.05) is 0 Å². The molecule has 0 N–H and O–H groups in total. The van der Waals surface area contributed by atoms with E-state index in [1.165, 1.54) is 6.33 Å². The Balaban J connectivity index is 2.33. The van der Waals surface area contributed by atoms with Crippen molar-refractivity contribution >= 4 is 15.9 Å². The lowest BCUT2D eigenvalue weighted by molar-refractivity contribution is 0.242. The first kappa shape index (κ1) is 12.0. The fraction of sp³-hybridized carbons (Fsp3) is 0.231. The lowest BCUT2D eigenvalue weighted by Crippen LogP contribution is -2.05. The molecule has 0 amide bonds. The largest absolute Gasteiger partial charge is 0.491 e. The van der Waals surface area contributed by atoms with Crippen LogP contribution in [0.25, 0.3) is 11.3 Å². The number of hydrogen-bond acceptors (Lipinski definition) is 3. The van der Waals surface area contributed by atoms with Crippen LogP contribution < -0.4 is 4.74 Å². The Morgan fingerprint density at radius 3 is 2.71 bits per heavy atom. The first-order chi connectivity index (χ1) is 8.15. The van der Waals surface area contributed by atoms with Gasteiger partial charge in [-0.25, -0.2) is 9.97 Å². The summed E-state index contributed by atoms with van der Waals surface area (Å²) in [6.45, 7) is 4.02. The Morgan fingerprint density at radius 2 is 2.00 bits per heavy atom. The molecule has 0 unspecified atom stereocenters. The number of halogens is 1. The van der Waals surface area contributed by atoms with Crippen molar-refractivity contribution in [3.8, 4) is 17.0 Å². The molecule has 2 aromatic rings. The molecule has 1 heterocycles. The summed E-state index contributed by atoms with van der Waals surface area (Å²) in [6.07, 6.45) is 1.71. The topological polar surface area (TPSA) is 35.0 Å². The smallest absolute Gasteiger partial charge is 0.120 e. The van der Waals surface area contributed by atoms with Gasteiger partial charge in [0.05, 0.1) is 11.8 Å². The SMILES string of the molecule is CC(C)Oc1cccc(-c2cc(Br)ncn2)c1. The molecule has 0 bridgehead atoms. The minimum Gasteiger partial charge on any atom is -0.491 e. The van der Waals surface area contributed by atoms with Gasteiger partial charge in [0.1, 0.15) is 16.7 Å². The van der Waals surface area contributed by atoms with Gasteiger partial charge in [-0.1, -0.05) is 12.1 Å². The lowest BCUT2D eigenvalue weighted by atomic mass is 10.1. The molecule has 0 spiro atoms. The van der Waals surface area contributed by atoms with E-state index in [0.717, 1.165) is 21.6 Å². The Labute approximate surface area is 109 Å². The van der Waals surface area contributed by atoms with Gasteiger partial charge in [0.15, 0.2) is 0 Å².